The van der Waals surface area contributed by atoms with Gasteiger partial charge in [-0.25, -0.2) is 9.59 Å². The Morgan fingerprint density at radius 1 is 1.05 bits per heavy atom. The number of carbonyl (C=O) groups is 2. The Kier molecular flexibility index (Phi) is 4.83. The standard InChI is InChI=1S/C6H7N3O2.C4H4O4/c10-8-6-4-2-1-3-5(6)7-9(8)11;5-3(6)1-2-4(7)8/h1-4,7,10-11H;1-2H,(H,5,6)(H,7,8)/b;2-1+. The van der Waals surface area contributed by atoms with Gasteiger partial charge in [-0.3, -0.25) is 15.8 Å². The topological polar surface area (TPSA) is 134 Å². The fourth-order valence-electron chi connectivity index (χ4n) is 1.14. The van der Waals surface area contributed by atoms with Crippen LogP contribution in [0.5, 0.6) is 0 Å². The number of hydrogen-bond donors (Lipinski definition) is 5. The number of hydrazine groups is 2. The molecule has 1 aromatic carbocycles. The molecule has 1 aromatic rings. The predicted molar refractivity (Wildman–Crippen MR) is 62.4 cm³/mol. The molecular formula is C10H11N3O6. The van der Waals surface area contributed by atoms with Crippen LogP contribution in [0.3, 0.4) is 0 Å². The molecule has 0 bridgehead atoms. The molecule has 0 unspecified atom stereocenters. The minimum Gasteiger partial charge on any atom is -0.478 e. The van der Waals surface area contributed by atoms with Crippen LogP contribution in [0.1, 0.15) is 0 Å². The van der Waals surface area contributed by atoms with Gasteiger partial charge in [0.05, 0.1) is 5.69 Å². The average molecular weight is 269 g/mol. The van der Waals surface area contributed by atoms with Crippen LogP contribution < -0.4 is 10.6 Å². The van der Waals surface area contributed by atoms with E-state index in [2.05, 4.69) is 5.43 Å². The molecule has 9 nitrogen and oxygen atoms in total. The van der Waals surface area contributed by atoms with Crippen LogP contribution in [0.4, 0.5) is 11.4 Å². The second kappa shape index (κ2) is 6.35. The van der Waals surface area contributed by atoms with Crippen molar-refractivity contribution in [2.45, 2.75) is 0 Å². The van der Waals surface area contributed by atoms with Gasteiger partial charge in [-0.1, -0.05) is 12.1 Å². The summed E-state index contributed by atoms with van der Waals surface area (Å²) in [6.45, 7) is 0. The number of anilines is 2. The molecule has 0 fully saturated rings. The maximum Gasteiger partial charge on any atom is 0.328 e. The number of nitrogens with one attached hydrogen (secondary N) is 1. The first-order valence-corrected chi connectivity index (χ1v) is 4.89. The molecule has 0 amide bonds. The number of carboxylic acid groups (broad SMARTS) is 2. The fraction of sp³-hybridized carbons (Fsp3) is 0. The minimum atomic E-state index is -1.26. The van der Waals surface area contributed by atoms with E-state index in [4.69, 9.17) is 20.6 Å². The van der Waals surface area contributed by atoms with Crippen molar-refractivity contribution in [3.05, 3.63) is 36.4 Å². The Morgan fingerprint density at radius 2 is 1.58 bits per heavy atom. The normalized spacial score (nSPS) is 13.5. The van der Waals surface area contributed by atoms with E-state index in [0.29, 0.717) is 34.0 Å². The highest BCUT2D eigenvalue weighted by Gasteiger charge is 2.22. The van der Waals surface area contributed by atoms with E-state index >= 15 is 0 Å². The lowest BCUT2D eigenvalue weighted by Gasteiger charge is -2.14. The highest BCUT2D eigenvalue weighted by molar-refractivity contribution is 5.89. The van der Waals surface area contributed by atoms with Crippen LogP contribution in [0.2, 0.25) is 0 Å². The van der Waals surface area contributed by atoms with E-state index in [9.17, 15) is 9.59 Å². The second-order valence-corrected chi connectivity index (χ2v) is 3.22. The maximum atomic E-state index is 9.55. The summed E-state index contributed by atoms with van der Waals surface area (Å²) in [5.74, 6) is -2.51. The molecule has 9 heteroatoms. The van der Waals surface area contributed by atoms with Crippen LogP contribution in [-0.4, -0.2) is 37.8 Å². The zero-order chi connectivity index (χ0) is 14.4. The Balaban J connectivity index is 0.000000203. The third-order valence-corrected chi connectivity index (χ3v) is 1.89. The number of fused-ring (bicyclic) bond motifs is 1. The number of benzene rings is 1. The molecule has 5 N–H and O–H groups in total. The van der Waals surface area contributed by atoms with Crippen molar-refractivity contribution < 1.29 is 30.2 Å². The van der Waals surface area contributed by atoms with Gasteiger partial charge in [-0.15, -0.1) is 5.17 Å². The van der Waals surface area contributed by atoms with Gasteiger partial charge >= 0.3 is 11.9 Å². The van der Waals surface area contributed by atoms with Crippen molar-refractivity contribution in [2.24, 2.45) is 0 Å². The Morgan fingerprint density at radius 3 is 2.05 bits per heavy atom. The molecular weight excluding hydrogens is 258 g/mol. The summed E-state index contributed by atoms with van der Waals surface area (Å²) in [5, 5.41) is 34.8. The molecule has 0 aliphatic carbocycles. The van der Waals surface area contributed by atoms with Gasteiger partial charge in [-0.05, 0) is 12.1 Å². The summed E-state index contributed by atoms with van der Waals surface area (Å²) in [6, 6.07) is 7.00. The third kappa shape index (κ3) is 4.27. The molecule has 0 radical (unpaired) electrons. The monoisotopic (exact) mass is 269 g/mol. The van der Waals surface area contributed by atoms with Gasteiger partial charge in [0.2, 0.25) is 0 Å². The number of carboxylic acids is 2. The molecule has 102 valence electrons. The lowest BCUT2D eigenvalue weighted by atomic mass is 10.3. The summed E-state index contributed by atoms with van der Waals surface area (Å²) < 4.78 is 0. The van der Waals surface area contributed by atoms with E-state index in [1.807, 2.05) is 0 Å². The molecule has 1 aliphatic heterocycles. The first kappa shape index (κ1) is 14.4. The molecule has 2 rings (SSSR count). The Bertz CT molecular complexity index is 488. The van der Waals surface area contributed by atoms with Gasteiger partial charge in [0.25, 0.3) is 0 Å². The van der Waals surface area contributed by atoms with Crippen LogP contribution in [0.25, 0.3) is 0 Å². The maximum absolute atomic E-state index is 9.55. The van der Waals surface area contributed by atoms with E-state index in [-0.39, 0.29) is 0 Å². The lowest BCUT2D eigenvalue weighted by Crippen LogP contribution is -2.35. The van der Waals surface area contributed by atoms with Crippen LogP contribution in [-0.2, 0) is 9.59 Å². The van der Waals surface area contributed by atoms with Crippen molar-refractivity contribution in [3.8, 4) is 0 Å². The molecule has 0 saturated heterocycles. The summed E-state index contributed by atoms with van der Waals surface area (Å²) in [6.07, 6.45) is 1.12. The van der Waals surface area contributed by atoms with Crippen LogP contribution in [0, 0.1) is 0 Å². The van der Waals surface area contributed by atoms with E-state index in [1.54, 1.807) is 24.3 Å². The molecule has 0 spiro atoms. The van der Waals surface area contributed by atoms with Gasteiger partial charge in [0.1, 0.15) is 5.69 Å². The second-order valence-electron chi connectivity index (χ2n) is 3.22. The van der Waals surface area contributed by atoms with Crippen molar-refractivity contribution in [1.82, 2.24) is 5.28 Å². The highest BCUT2D eigenvalue weighted by atomic mass is 16.7. The quantitative estimate of drug-likeness (QED) is 0.487. The molecule has 1 aliphatic rings. The third-order valence-electron chi connectivity index (χ3n) is 1.89. The molecule has 19 heavy (non-hydrogen) atoms. The molecule has 0 aromatic heterocycles. The van der Waals surface area contributed by atoms with Crippen LogP contribution >= 0.6 is 0 Å². The number of rotatable bonds is 2. The summed E-state index contributed by atoms with van der Waals surface area (Å²) in [7, 11) is 0. The number of para-hydroxylation sites is 2. The Hall–Kier alpha value is -2.62. The molecule has 0 atom stereocenters. The Labute approximate surface area is 107 Å². The molecule has 0 saturated carbocycles. The fourth-order valence-corrected chi connectivity index (χ4v) is 1.14. The number of hydrogen-bond acceptors (Lipinski definition) is 7. The van der Waals surface area contributed by atoms with Crippen molar-refractivity contribution in [3.63, 3.8) is 0 Å². The van der Waals surface area contributed by atoms with Crippen molar-refractivity contribution >= 4 is 23.3 Å². The smallest absolute Gasteiger partial charge is 0.328 e. The van der Waals surface area contributed by atoms with Gasteiger partial charge in [0, 0.05) is 17.4 Å². The SMILES string of the molecule is O=C(O)/C=C/C(=O)O.ON1Nc2ccccc2N1O. The minimum absolute atomic E-state index is 0.505. The summed E-state index contributed by atoms with van der Waals surface area (Å²) >= 11 is 0. The number of nitrogens with zero attached hydrogens (tertiary/aromatic N) is 2. The largest absolute Gasteiger partial charge is 0.478 e. The summed E-state index contributed by atoms with van der Waals surface area (Å²) in [4.78, 5) is 19.1. The first-order valence-electron chi connectivity index (χ1n) is 4.89. The highest BCUT2D eigenvalue weighted by Crippen LogP contribution is 2.30. The lowest BCUT2D eigenvalue weighted by molar-refractivity contribution is -0.135. The predicted octanol–water partition coefficient (Wildman–Crippen LogP) is 0.541. The zero-order valence-corrected chi connectivity index (χ0v) is 9.46. The average Bonchev–Trinajstić information content (AvgIpc) is 2.64. The first-order chi connectivity index (χ1) is 8.91. The zero-order valence-electron chi connectivity index (χ0n) is 9.46. The van der Waals surface area contributed by atoms with Gasteiger partial charge < -0.3 is 10.2 Å². The van der Waals surface area contributed by atoms with Gasteiger partial charge in [0.15, 0.2) is 0 Å². The van der Waals surface area contributed by atoms with Gasteiger partial charge in [-0.2, -0.15) is 0 Å². The van der Waals surface area contributed by atoms with E-state index in [0.717, 1.165) is 0 Å². The van der Waals surface area contributed by atoms with E-state index < -0.39 is 11.9 Å². The van der Waals surface area contributed by atoms with Crippen molar-refractivity contribution in [1.29, 1.82) is 0 Å². The van der Waals surface area contributed by atoms with E-state index in [1.165, 1.54) is 0 Å². The molecule has 1 heterocycles. The summed E-state index contributed by atoms with van der Waals surface area (Å²) in [5.41, 5.74) is 3.70. The van der Waals surface area contributed by atoms with Crippen molar-refractivity contribution in [2.75, 3.05) is 10.6 Å². The number of aliphatic carboxylic acids is 2. The van der Waals surface area contributed by atoms with Crippen LogP contribution in [0.15, 0.2) is 36.4 Å².